The molecule has 116 valence electrons. The average molecular weight is 312 g/mol. The van der Waals surface area contributed by atoms with Crippen molar-refractivity contribution < 1.29 is 14.6 Å². The van der Waals surface area contributed by atoms with Crippen LogP contribution in [0, 0.1) is 4.91 Å². The highest BCUT2D eigenvalue weighted by molar-refractivity contribution is 5.83. The minimum Gasteiger partial charge on any atom is -0.504 e. The molecule has 3 rings (SSSR count). The lowest BCUT2D eigenvalue weighted by Gasteiger charge is -2.06. The van der Waals surface area contributed by atoms with Gasteiger partial charge in [0.05, 0.1) is 18.0 Å². The maximum Gasteiger partial charge on any atom is 0.259 e. The number of nitrogens with one attached hydrogen (secondary N) is 1. The first-order valence-corrected chi connectivity index (χ1v) is 6.82. The fourth-order valence-corrected chi connectivity index (χ4v) is 2.30. The molecule has 23 heavy (non-hydrogen) atoms. The number of phenols is 1. The van der Waals surface area contributed by atoms with Gasteiger partial charge < -0.3 is 14.8 Å². The molecular weight excluding hydrogens is 298 g/mol. The van der Waals surface area contributed by atoms with Gasteiger partial charge in [0.1, 0.15) is 5.82 Å². The van der Waals surface area contributed by atoms with E-state index in [2.05, 4.69) is 9.97 Å². The Kier molecular flexibility index (Phi) is 3.53. The molecule has 1 heterocycles. The Balaban J connectivity index is 2.23. The summed E-state index contributed by atoms with van der Waals surface area (Å²) in [4.78, 5) is 30.7. The second-order valence-corrected chi connectivity index (χ2v) is 5.00. The molecule has 7 heteroatoms. The number of benzene rings is 2. The van der Waals surface area contributed by atoms with Crippen molar-refractivity contribution in [1.82, 2.24) is 9.97 Å². The summed E-state index contributed by atoms with van der Waals surface area (Å²) in [7, 11) is 2.81. The molecule has 1 aromatic heterocycles. The van der Waals surface area contributed by atoms with Crippen LogP contribution in [0.1, 0.15) is 0 Å². The van der Waals surface area contributed by atoms with Crippen LogP contribution in [0.4, 0.5) is 5.69 Å². The molecule has 0 radical (unpaired) electrons. The third-order valence-electron chi connectivity index (χ3n) is 3.49. The summed E-state index contributed by atoms with van der Waals surface area (Å²) < 4.78 is 5.76. The quantitative estimate of drug-likeness (QED) is 0.724. The van der Waals surface area contributed by atoms with Crippen molar-refractivity contribution >= 4 is 16.6 Å². The van der Waals surface area contributed by atoms with Gasteiger partial charge in [0.2, 0.25) is 0 Å². The number of nitrogens with zero attached hydrogens (tertiary/aromatic N) is 2. The van der Waals surface area contributed by atoms with E-state index in [4.69, 9.17) is 4.74 Å². The van der Waals surface area contributed by atoms with Crippen molar-refractivity contribution in [2.75, 3.05) is 14.2 Å². The molecule has 0 spiro atoms. The monoisotopic (exact) mass is 312 g/mol. The number of aromatic hydroxyl groups is 1. The predicted molar refractivity (Wildman–Crippen MR) is 85.2 cm³/mol. The first-order chi connectivity index (χ1) is 11.0. The van der Waals surface area contributed by atoms with E-state index in [1.54, 1.807) is 24.3 Å². The van der Waals surface area contributed by atoms with E-state index in [1.807, 2.05) is 0 Å². The Morgan fingerprint density at radius 1 is 1.26 bits per heavy atom. The van der Waals surface area contributed by atoms with E-state index in [0.29, 0.717) is 22.6 Å². The summed E-state index contributed by atoms with van der Waals surface area (Å²) in [5, 5.41) is 10.0. The van der Waals surface area contributed by atoms with Gasteiger partial charge in [-0.05, 0) is 6.07 Å². The number of hydrogen-bond acceptors (Lipinski definition) is 5. The van der Waals surface area contributed by atoms with Crippen LogP contribution in [0.25, 0.3) is 22.3 Å². The number of fused-ring (bicyclic) bond motifs is 1. The summed E-state index contributed by atoms with van der Waals surface area (Å²) >= 11 is 0. The Hall–Kier alpha value is -3.22. The van der Waals surface area contributed by atoms with Gasteiger partial charge in [0.15, 0.2) is 18.5 Å². The van der Waals surface area contributed by atoms with Crippen LogP contribution in [0.3, 0.4) is 0 Å². The van der Waals surface area contributed by atoms with Crippen molar-refractivity contribution in [1.29, 1.82) is 0 Å². The van der Waals surface area contributed by atoms with Gasteiger partial charge >= 0.3 is 0 Å². The lowest BCUT2D eigenvalue weighted by molar-refractivity contribution is -0.428. The molecule has 0 aliphatic heterocycles. The molecule has 0 atom stereocenters. The number of phenolic OH excluding ortho intramolecular Hbond substituents is 1. The lowest BCUT2D eigenvalue weighted by atomic mass is 10.1. The smallest absolute Gasteiger partial charge is 0.259 e. The molecular formula is C16H14N3O4+. The number of aromatic nitrogens is 2. The Labute approximate surface area is 130 Å². The topological polar surface area (TPSA) is 95.3 Å². The molecule has 7 nitrogen and oxygen atoms in total. The standard InChI is InChI=1S/C16H13N3O4/c1-19(22)10-5-3-4-9(6-10)15-17-12-8-14(23-2)13(20)7-11(12)16(21)18-15/h3-8H,1-2H3,(H-,17,18,20,21)/p+1. The van der Waals surface area contributed by atoms with Gasteiger partial charge in [-0.15, -0.1) is 0 Å². The molecule has 0 bridgehead atoms. The molecule has 0 unspecified atom stereocenters. The number of H-pyrrole nitrogens is 1. The summed E-state index contributed by atoms with van der Waals surface area (Å²) in [6, 6.07) is 9.56. The molecule has 0 amide bonds. The molecule has 0 aliphatic carbocycles. The average Bonchev–Trinajstić information content (AvgIpc) is 2.55. The van der Waals surface area contributed by atoms with Crippen LogP contribution in [-0.2, 0) is 0 Å². The number of methoxy groups -OCH3 is 1. The van der Waals surface area contributed by atoms with Gasteiger partial charge in [-0.25, -0.2) is 4.98 Å². The predicted octanol–water partition coefficient (Wildman–Crippen LogP) is 2.34. The van der Waals surface area contributed by atoms with Gasteiger partial charge in [0.25, 0.3) is 11.2 Å². The Morgan fingerprint density at radius 2 is 2.04 bits per heavy atom. The van der Waals surface area contributed by atoms with Crippen molar-refractivity contribution in [2.24, 2.45) is 0 Å². The molecule has 0 saturated heterocycles. The highest BCUT2D eigenvalue weighted by Gasteiger charge is 2.13. The van der Waals surface area contributed by atoms with E-state index in [0.717, 1.165) is 4.76 Å². The number of hydrogen-bond donors (Lipinski definition) is 2. The summed E-state index contributed by atoms with van der Waals surface area (Å²) in [6.45, 7) is 0. The maximum atomic E-state index is 12.2. The zero-order valence-electron chi connectivity index (χ0n) is 12.5. The van der Waals surface area contributed by atoms with Gasteiger partial charge in [0, 0.05) is 33.4 Å². The molecule has 3 aromatic rings. The fraction of sp³-hybridized carbons (Fsp3) is 0.125. The number of nitroso groups, excluding NO2 is 1. The number of ether oxygens (including phenoxy) is 1. The van der Waals surface area contributed by atoms with Crippen molar-refractivity contribution in [2.45, 2.75) is 0 Å². The van der Waals surface area contributed by atoms with E-state index in [-0.39, 0.29) is 22.4 Å². The third-order valence-corrected chi connectivity index (χ3v) is 3.49. The van der Waals surface area contributed by atoms with E-state index < -0.39 is 0 Å². The van der Waals surface area contributed by atoms with Crippen molar-refractivity contribution in [3.05, 3.63) is 51.7 Å². The van der Waals surface area contributed by atoms with Crippen LogP contribution >= 0.6 is 0 Å². The van der Waals surface area contributed by atoms with E-state index >= 15 is 0 Å². The van der Waals surface area contributed by atoms with Gasteiger partial charge in [-0.2, -0.15) is 0 Å². The minimum absolute atomic E-state index is 0.130. The van der Waals surface area contributed by atoms with Crippen LogP contribution in [0.5, 0.6) is 11.5 Å². The molecule has 0 fully saturated rings. The highest BCUT2D eigenvalue weighted by atomic mass is 16.5. The lowest BCUT2D eigenvalue weighted by Crippen LogP contribution is -2.09. The maximum absolute atomic E-state index is 12.2. The van der Waals surface area contributed by atoms with Crippen LogP contribution in [0.15, 0.2) is 41.2 Å². The molecule has 0 aliphatic rings. The van der Waals surface area contributed by atoms with Gasteiger partial charge in [-0.3, -0.25) is 4.79 Å². The first kappa shape index (κ1) is 14.7. The molecule has 0 saturated carbocycles. The highest BCUT2D eigenvalue weighted by Crippen LogP contribution is 2.29. The normalized spacial score (nSPS) is 10.7. The van der Waals surface area contributed by atoms with E-state index in [1.165, 1.54) is 26.3 Å². The first-order valence-electron chi connectivity index (χ1n) is 6.82. The Bertz CT molecular complexity index is 979. The van der Waals surface area contributed by atoms with Crippen molar-refractivity contribution in [3.63, 3.8) is 0 Å². The summed E-state index contributed by atoms with van der Waals surface area (Å²) in [5.74, 6) is 0.434. The molecule has 2 N–H and O–H groups in total. The SMILES string of the molecule is COc1cc2nc(-c3cccc([N+](C)=O)c3)[nH]c(=O)c2cc1O. The third kappa shape index (κ3) is 2.64. The second-order valence-electron chi connectivity index (χ2n) is 5.00. The van der Waals surface area contributed by atoms with Crippen LogP contribution in [0.2, 0.25) is 0 Å². The Morgan fingerprint density at radius 3 is 2.74 bits per heavy atom. The van der Waals surface area contributed by atoms with Crippen LogP contribution in [-0.4, -0.2) is 34.0 Å². The summed E-state index contributed by atoms with van der Waals surface area (Å²) in [6.07, 6.45) is 0. The largest absolute Gasteiger partial charge is 0.504 e. The van der Waals surface area contributed by atoms with Crippen LogP contribution < -0.4 is 10.3 Å². The van der Waals surface area contributed by atoms with E-state index in [9.17, 15) is 14.8 Å². The zero-order chi connectivity index (χ0) is 16.6. The summed E-state index contributed by atoms with van der Waals surface area (Å²) in [5.41, 5.74) is 1.06. The minimum atomic E-state index is -0.385. The number of aromatic amines is 1. The fourth-order valence-electron chi connectivity index (χ4n) is 2.30. The number of rotatable bonds is 3. The second kappa shape index (κ2) is 5.53. The zero-order valence-corrected chi connectivity index (χ0v) is 12.5. The van der Waals surface area contributed by atoms with Gasteiger partial charge in [-0.1, -0.05) is 12.1 Å². The molecule has 2 aromatic carbocycles. The van der Waals surface area contributed by atoms with Crippen molar-refractivity contribution in [3.8, 4) is 22.9 Å².